The summed E-state index contributed by atoms with van der Waals surface area (Å²) in [5, 5.41) is -0.0239. The van der Waals surface area contributed by atoms with Gasteiger partial charge in [0.25, 0.3) is 0 Å². The van der Waals surface area contributed by atoms with E-state index in [2.05, 4.69) is 15.9 Å². The smallest absolute Gasteiger partial charge is 0.328 e. The summed E-state index contributed by atoms with van der Waals surface area (Å²) >= 11 is 4.46. The van der Waals surface area contributed by atoms with Gasteiger partial charge in [-0.1, -0.05) is 40.7 Å². The zero-order valence-corrected chi connectivity index (χ0v) is 17.6. The van der Waals surface area contributed by atoms with Crippen molar-refractivity contribution in [3.8, 4) is 0 Å². The molecule has 0 N–H and O–H groups in total. The van der Waals surface area contributed by atoms with E-state index in [0.717, 1.165) is 33.8 Å². The van der Waals surface area contributed by atoms with Crippen LogP contribution in [0.4, 0.5) is 5.69 Å². The molecule has 25 heavy (non-hydrogen) atoms. The SMILES string of the molecule is CCCC(=O)SCC(=O)N(c1c(C)ccc(Br)c1C)C(C)C(=O)OC. The van der Waals surface area contributed by atoms with Crippen molar-refractivity contribution in [1.29, 1.82) is 0 Å². The van der Waals surface area contributed by atoms with Crippen LogP contribution in [0.15, 0.2) is 16.6 Å². The summed E-state index contributed by atoms with van der Waals surface area (Å²) in [5.74, 6) is -0.806. The Morgan fingerprint density at radius 3 is 2.48 bits per heavy atom. The highest BCUT2D eigenvalue weighted by Gasteiger charge is 2.31. The molecule has 0 fully saturated rings. The van der Waals surface area contributed by atoms with E-state index in [9.17, 15) is 14.4 Å². The highest BCUT2D eigenvalue weighted by atomic mass is 79.9. The lowest BCUT2D eigenvalue weighted by atomic mass is 10.1. The molecular weight excluding hydrogens is 406 g/mol. The largest absolute Gasteiger partial charge is 0.467 e. The van der Waals surface area contributed by atoms with E-state index in [4.69, 9.17) is 4.74 Å². The summed E-state index contributed by atoms with van der Waals surface area (Å²) in [6, 6.07) is 3.00. The normalized spacial score (nSPS) is 11.8. The van der Waals surface area contributed by atoms with E-state index in [1.54, 1.807) is 6.92 Å². The first-order valence-corrected chi connectivity index (χ1v) is 9.83. The number of nitrogens with zero attached hydrogens (tertiary/aromatic N) is 1. The summed E-state index contributed by atoms with van der Waals surface area (Å²) < 4.78 is 5.67. The van der Waals surface area contributed by atoms with Crippen LogP contribution in [-0.2, 0) is 19.1 Å². The van der Waals surface area contributed by atoms with Gasteiger partial charge in [-0.2, -0.15) is 0 Å². The first kappa shape index (κ1) is 21.7. The molecule has 0 aliphatic heterocycles. The van der Waals surface area contributed by atoms with Crippen LogP contribution in [-0.4, -0.2) is 35.9 Å². The fourth-order valence-electron chi connectivity index (χ4n) is 2.48. The number of halogens is 1. The first-order valence-electron chi connectivity index (χ1n) is 8.05. The zero-order chi connectivity index (χ0) is 19.1. The molecule has 1 amide bonds. The van der Waals surface area contributed by atoms with Crippen LogP contribution < -0.4 is 4.90 Å². The van der Waals surface area contributed by atoms with Crippen molar-refractivity contribution in [2.24, 2.45) is 0 Å². The zero-order valence-electron chi connectivity index (χ0n) is 15.2. The van der Waals surface area contributed by atoms with Crippen LogP contribution in [0.25, 0.3) is 0 Å². The summed E-state index contributed by atoms with van der Waals surface area (Å²) in [6.45, 7) is 7.31. The van der Waals surface area contributed by atoms with Crippen LogP contribution in [0.1, 0.15) is 37.8 Å². The molecule has 0 heterocycles. The van der Waals surface area contributed by atoms with Gasteiger partial charge in [0.2, 0.25) is 5.91 Å². The highest BCUT2D eigenvalue weighted by Crippen LogP contribution is 2.32. The van der Waals surface area contributed by atoms with Gasteiger partial charge < -0.3 is 4.74 Å². The Hall–Kier alpha value is -1.34. The molecule has 0 aromatic heterocycles. The Bertz CT molecular complexity index is 663. The highest BCUT2D eigenvalue weighted by molar-refractivity contribution is 9.10. The van der Waals surface area contributed by atoms with Crippen LogP contribution in [0.3, 0.4) is 0 Å². The number of benzene rings is 1. The quantitative estimate of drug-likeness (QED) is 0.612. The van der Waals surface area contributed by atoms with Crippen molar-refractivity contribution in [2.45, 2.75) is 46.6 Å². The second-order valence-corrected chi connectivity index (χ2v) is 7.60. The van der Waals surface area contributed by atoms with Gasteiger partial charge in [-0.05, 0) is 44.4 Å². The number of amides is 1. The number of aryl methyl sites for hydroxylation is 1. The molecule has 1 unspecified atom stereocenters. The van der Waals surface area contributed by atoms with E-state index in [1.165, 1.54) is 12.0 Å². The summed E-state index contributed by atoms with van der Waals surface area (Å²) in [4.78, 5) is 38.1. The molecule has 1 aromatic rings. The number of hydrogen-bond donors (Lipinski definition) is 0. The van der Waals surface area contributed by atoms with Gasteiger partial charge >= 0.3 is 5.97 Å². The molecule has 7 heteroatoms. The number of carbonyl (C=O) groups excluding carboxylic acids is 3. The average Bonchev–Trinajstić information content (AvgIpc) is 2.59. The van der Waals surface area contributed by atoms with Gasteiger partial charge in [0.15, 0.2) is 5.12 Å². The van der Waals surface area contributed by atoms with Gasteiger partial charge in [0, 0.05) is 10.9 Å². The van der Waals surface area contributed by atoms with Crippen molar-refractivity contribution in [1.82, 2.24) is 0 Å². The Morgan fingerprint density at radius 2 is 1.92 bits per heavy atom. The third-order valence-electron chi connectivity index (χ3n) is 3.82. The molecule has 1 aromatic carbocycles. The van der Waals surface area contributed by atoms with Gasteiger partial charge in [-0.3, -0.25) is 14.5 Å². The monoisotopic (exact) mass is 429 g/mol. The van der Waals surface area contributed by atoms with E-state index in [1.807, 2.05) is 32.9 Å². The molecule has 0 aliphatic carbocycles. The standard InChI is InChI=1S/C18H24BrNO4S/c1-6-7-16(22)25-10-15(21)20(13(4)18(23)24-5)17-11(2)8-9-14(19)12(17)3/h8-9,13H,6-7,10H2,1-5H3. The fraction of sp³-hybridized carbons (Fsp3) is 0.500. The Kier molecular flexibility index (Phi) is 8.65. The molecule has 1 rings (SSSR count). The average molecular weight is 430 g/mol. The molecular formula is C18H24BrNO4S. The number of anilines is 1. The minimum Gasteiger partial charge on any atom is -0.467 e. The summed E-state index contributed by atoms with van der Waals surface area (Å²) in [7, 11) is 1.29. The van der Waals surface area contributed by atoms with Crippen LogP contribution in [0, 0.1) is 13.8 Å². The molecule has 5 nitrogen and oxygen atoms in total. The minimum absolute atomic E-state index is 0.00837. The topological polar surface area (TPSA) is 63.7 Å². The van der Waals surface area contributed by atoms with E-state index >= 15 is 0 Å². The molecule has 0 saturated carbocycles. The van der Waals surface area contributed by atoms with Gasteiger partial charge in [0.1, 0.15) is 6.04 Å². The fourth-order valence-corrected chi connectivity index (χ4v) is 3.57. The van der Waals surface area contributed by atoms with E-state index in [0.29, 0.717) is 12.1 Å². The van der Waals surface area contributed by atoms with Crippen molar-refractivity contribution in [2.75, 3.05) is 17.8 Å². The van der Waals surface area contributed by atoms with Crippen molar-refractivity contribution in [3.63, 3.8) is 0 Å². The number of esters is 1. The van der Waals surface area contributed by atoms with Gasteiger partial charge in [0.05, 0.1) is 18.6 Å². The van der Waals surface area contributed by atoms with Crippen LogP contribution in [0.5, 0.6) is 0 Å². The van der Waals surface area contributed by atoms with Crippen molar-refractivity contribution >= 4 is 50.4 Å². The van der Waals surface area contributed by atoms with Crippen molar-refractivity contribution in [3.05, 3.63) is 27.7 Å². The second-order valence-electron chi connectivity index (χ2n) is 5.71. The number of ether oxygens (including phenoxy) is 1. The maximum atomic E-state index is 12.9. The number of methoxy groups -OCH3 is 1. The lowest BCUT2D eigenvalue weighted by molar-refractivity contribution is -0.142. The van der Waals surface area contributed by atoms with E-state index in [-0.39, 0.29) is 16.8 Å². The Balaban J connectivity index is 3.23. The third kappa shape index (κ3) is 5.57. The first-order chi connectivity index (χ1) is 11.7. The lowest BCUT2D eigenvalue weighted by Crippen LogP contribution is -2.45. The molecule has 0 aliphatic rings. The molecule has 0 radical (unpaired) electrons. The number of carbonyl (C=O) groups is 3. The predicted octanol–water partition coefficient (Wildman–Crippen LogP) is 4.02. The Labute approximate surface area is 161 Å². The molecule has 0 spiro atoms. The van der Waals surface area contributed by atoms with Crippen LogP contribution in [0.2, 0.25) is 0 Å². The second kappa shape index (κ2) is 9.97. The molecule has 0 bridgehead atoms. The van der Waals surface area contributed by atoms with Crippen LogP contribution >= 0.6 is 27.7 Å². The summed E-state index contributed by atoms with van der Waals surface area (Å²) in [6.07, 6.45) is 1.17. The van der Waals surface area contributed by atoms with E-state index < -0.39 is 12.0 Å². The minimum atomic E-state index is -0.786. The predicted molar refractivity (Wildman–Crippen MR) is 105 cm³/mol. The van der Waals surface area contributed by atoms with Gasteiger partial charge in [-0.25, -0.2) is 4.79 Å². The summed E-state index contributed by atoms with van der Waals surface area (Å²) in [5.41, 5.74) is 2.39. The lowest BCUT2D eigenvalue weighted by Gasteiger charge is -2.30. The number of rotatable bonds is 7. The van der Waals surface area contributed by atoms with Gasteiger partial charge in [-0.15, -0.1) is 0 Å². The molecule has 0 saturated heterocycles. The number of thioether (sulfide) groups is 1. The maximum Gasteiger partial charge on any atom is 0.328 e. The number of hydrogen-bond acceptors (Lipinski definition) is 5. The maximum absolute atomic E-state index is 12.9. The third-order valence-corrected chi connectivity index (χ3v) is 5.59. The molecule has 1 atom stereocenters. The Morgan fingerprint density at radius 1 is 1.28 bits per heavy atom. The van der Waals surface area contributed by atoms with Crippen molar-refractivity contribution < 1.29 is 19.1 Å². The molecule has 138 valence electrons.